The molecule has 1 saturated carbocycles. The molecule has 0 aliphatic heterocycles. The van der Waals surface area contributed by atoms with E-state index < -0.39 is 27.9 Å². The standard InChI is InChI=1S/C13H15FN2O5/c1-13(12(17)18,7-3-4-7)15-9-6-11(21-2)8(14)5-10(9)16(19)20/h5-7,15H,3-4H2,1-2H3,(H,17,18). The minimum Gasteiger partial charge on any atom is -0.494 e. The van der Waals surface area contributed by atoms with Gasteiger partial charge >= 0.3 is 5.97 Å². The number of carbonyl (C=O) groups is 1. The zero-order valence-corrected chi connectivity index (χ0v) is 11.6. The van der Waals surface area contributed by atoms with E-state index in [0.29, 0.717) is 0 Å². The topological polar surface area (TPSA) is 102 Å². The highest BCUT2D eigenvalue weighted by atomic mass is 19.1. The average Bonchev–Trinajstić information content (AvgIpc) is 3.24. The van der Waals surface area contributed by atoms with Gasteiger partial charge in [-0.15, -0.1) is 0 Å². The van der Waals surface area contributed by atoms with Crippen molar-refractivity contribution < 1.29 is 24.0 Å². The maximum atomic E-state index is 13.6. The Morgan fingerprint density at radius 3 is 2.62 bits per heavy atom. The fourth-order valence-electron chi connectivity index (χ4n) is 2.22. The van der Waals surface area contributed by atoms with Gasteiger partial charge in [-0.3, -0.25) is 10.1 Å². The van der Waals surface area contributed by atoms with Crippen molar-refractivity contribution in [3.8, 4) is 5.75 Å². The summed E-state index contributed by atoms with van der Waals surface area (Å²) in [6.07, 6.45) is 1.45. The van der Waals surface area contributed by atoms with E-state index in [4.69, 9.17) is 4.74 Å². The van der Waals surface area contributed by atoms with Crippen molar-refractivity contribution in [2.45, 2.75) is 25.3 Å². The summed E-state index contributed by atoms with van der Waals surface area (Å²) in [4.78, 5) is 21.7. The third-order valence-electron chi connectivity index (χ3n) is 3.70. The Bertz CT molecular complexity index is 602. The first kappa shape index (κ1) is 15.0. The molecule has 2 N–H and O–H groups in total. The highest BCUT2D eigenvalue weighted by Gasteiger charge is 2.48. The van der Waals surface area contributed by atoms with Gasteiger partial charge in [-0.2, -0.15) is 0 Å². The van der Waals surface area contributed by atoms with Crippen molar-refractivity contribution in [2.24, 2.45) is 5.92 Å². The van der Waals surface area contributed by atoms with Crippen molar-refractivity contribution in [3.63, 3.8) is 0 Å². The summed E-state index contributed by atoms with van der Waals surface area (Å²) < 4.78 is 18.4. The van der Waals surface area contributed by atoms with E-state index in [1.165, 1.54) is 14.0 Å². The number of ether oxygens (including phenoxy) is 1. The predicted molar refractivity (Wildman–Crippen MR) is 72.0 cm³/mol. The van der Waals surface area contributed by atoms with Crippen molar-refractivity contribution >= 4 is 17.3 Å². The van der Waals surface area contributed by atoms with Crippen LogP contribution in [0.15, 0.2) is 12.1 Å². The summed E-state index contributed by atoms with van der Waals surface area (Å²) in [5, 5.41) is 23.1. The zero-order chi connectivity index (χ0) is 15.8. The lowest BCUT2D eigenvalue weighted by atomic mass is 9.95. The molecule has 0 radical (unpaired) electrons. The Morgan fingerprint density at radius 2 is 2.19 bits per heavy atom. The van der Waals surface area contributed by atoms with Crippen molar-refractivity contribution in [1.82, 2.24) is 0 Å². The summed E-state index contributed by atoms with van der Waals surface area (Å²) >= 11 is 0. The van der Waals surface area contributed by atoms with Crippen LogP contribution in [0.25, 0.3) is 0 Å². The Labute approximate surface area is 119 Å². The maximum absolute atomic E-state index is 13.6. The third kappa shape index (κ3) is 2.74. The van der Waals surface area contributed by atoms with Gasteiger partial charge in [0.25, 0.3) is 5.69 Å². The number of nitrogens with zero attached hydrogens (tertiary/aromatic N) is 1. The number of halogens is 1. The zero-order valence-electron chi connectivity index (χ0n) is 11.6. The van der Waals surface area contributed by atoms with Gasteiger partial charge < -0.3 is 15.2 Å². The number of carboxylic acids is 1. The van der Waals surface area contributed by atoms with Crippen molar-refractivity contribution in [1.29, 1.82) is 0 Å². The molecule has 0 spiro atoms. The SMILES string of the molecule is COc1cc(NC(C)(C(=O)O)C2CC2)c([N+](=O)[O-])cc1F. The Morgan fingerprint density at radius 1 is 1.57 bits per heavy atom. The number of aliphatic carboxylic acids is 1. The van der Waals surface area contributed by atoms with Crippen LogP contribution >= 0.6 is 0 Å². The van der Waals surface area contributed by atoms with Gasteiger partial charge in [0.1, 0.15) is 11.2 Å². The van der Waals surface area contributed by atoms with Gasteiger partial charge in [-0.05, 0) is 25.7 Å². The molecule has 1 fully saturated rings. The molecule has 1 aromatic rings. The number of rotatable bonds is 6. The molecule has 1 aliphatic carbocycles. The monoisotopic (exact) mass is 298 g/mol. The number of hydrogen-bond donors (Lipinski definition) is 2. The van der Waals surface area contributed by atoms with Gasteiger partial charge in [0, 0.05) is 6.07 Å². The molecular weight excluding hydrogens is 283 g/mol. The van der Waals surface area contributed by atoms with Crippen LogP contribution in [0.3, 0.4) is 0 Å². The first-order valence-corrected chi connectivity index (χ1v) is 6.33. The normalized spacial score (nSPS) is 16.9. The van der Waals surface area contributed by atoms with Crippen LogP contribution < -0.4 is 10.1 Å². The second-order valence-corrected chi connectivity index (χ2v) is 5.17. The van der Waals surface area contributed by atoms with E-state index in [9.17, 15) is 24.4 Å². The number of carboxylic acid groups (broad SMARTS) is 1. The quantitative estimate of drug-likeness (QED) is 0.617. The Balaban J connectivity index is 2.46. The summed E-state index contributed by atoms with van der Waals surface area (Å²) in [5.74, 6) is -2.29. The first-order valence-electron chi connectivity index (χ1n) is 6.33. The molecule has 2 rings (SSSR count). The lowest BCUT2D eigenvalue weighted by molar-refractivity contribution is -0.384. The summed E-state index contributed by atoms with van der Waals surface area (Å²) in [6.45, 7) is 1.46. The van der Waals surface area contributed by atoms with E-state index in [0.717, 1.165) is 25.0 Å². The van der Waals surface area contributed by atoms with Gasteiger partial charge in [-0.1, -0.05) is 0 Å². The predicted octanol–water partition coefficient (Wildman–Crippen LogP) is 2.41. The van der Waals surface area contributed by atoms with Crippen LogP contribution in [0, 0.1) is 21.8 Å². The van der Waals surface area contributed by atoms with E-state index in [2.05, 4.69) is 5.32 Å². The molecule has 7 nitrogen and oxygen atoms in total. The van der Waals surface area contributed by atoms with Gasteiger partial charge in [0.15, 0.2) is 11.6 Å². The van der Waals surface area contributed by atoms with Crippen LogP contribution in [0.2, 0.25) is 0 Å². The molecule has 1 unspecified atom stereocenters. The first-order chi connectivity index (χ1) is 9.79. The third-order valence-corrected chi connectivity index (χ3v) is 3.70. The van der Waals surface area contributed by atoms with Crippen LogP contribution in [-0.2, 0) is 4.79 Å². The van der Waals surface area contributed by atoms with Gasteiger partial charge in [0.05, 0.1) is 18.1 Å². The summed E-state index contributed by atoms with van der Waals surface area (Å²) in [7, 11) is 1.23. The molecule has 8 heteroatoms. The number of anilines is 1. The number of nitro groups is 1. The molecule has 0 amide bonds. The fourth-order valence-corrected chi connectivity index (χ4v) is 2.22. The van der Waals surface area contributed by atoms with Crippen LogP contribution in [0.4, 0.5) is 15.8 Å². The fraction of sp³-hybridized carbons (Fsp3) is 0.462. The van der Waals surface area contributed by atoms with E-state index in [-0.39, 0.29) is 17.4 Å². The number of hydrogen-bond acceptors (Lipinski definition) is 5. The van der Waals surface area contributed by atoms with Crippen LogP contribution in [-0.4, -0.2) is 28.6 Å². The number of nitro benzene ring substituents is 1. The summed E-state index contributed by atoms with van der Waals surface area (Å²) in [5.41, 5.74) is -1.94. The van der Waals surface area contributed by atoms with Gasteiger partial charge in [-0.25, -0.2) is 9.18 Å². The maximum Gasteiger partial charge on any atom is 0.329 e. The molecule has 114 valence electrons. The lowest BCUT2D eigenvalue weighted by Gasteiger charge is -2.27. The molecular formula is C13H15FN2O5. The van der Waals surface area contributed by atoms with Crippen molar-refractivity contribution in [2.75, 3.05) is 12.4 Å². The smallest absolute Gasteiger partial charge is 0.329 e. The van der Waals surface area contributed by atoms with Crippen LogP contribution in [0.5, 0.6) is 5.75 Å². The minimum absolute atomic E-state index is 0.0740. The number of benzene rings is 1. The van der Waals surface area contributed by atoms with Gasteiger partial charge in [0.2, 0.25) is 0 Å². The molecule has 1 aliphatic rings. The lowest BCUT2D eigenvalue weighted by Crippen LogP contribution is -2.45. The number of nitrogens with one attached hydrogen (secondary N) is 1. The second-order valence-electron chi connectivity index (χ2n) is 5.17. The molecule has 0 heterocycles. The Kier molecular flexibility index (Phi) is 3.71. The molecule has 0 bridgehead atoms. The molecule has 1 atom stereocenters. The number of methoxy groups -OCH3 is 1. The van der Waals surface area contributed by atoms with Crippen LogP contribution in [0.1, 0.15) is 19.8 Å². The molecule has 21 heavy (non-hydrogen) atoms. The molecule has 0 saturated heterocycles. The van der Waals surface area contributed by atoms with E-state index in [1.54, 1.807) is 0 Å². The minimum atomic E-state index is -1.34. The van der Waals surface area contributed by atoms with Crippen molar-refractivity contribution in [3.05, 3.63) is 28.1 Å². The highest BCUT2D eigenvalue weighted by Crippen LogP contribution is 2.43. The van der Waals surface area contributed by atoms with E-state index >= 15 is 0 Å². The summed E-state index contributed by atoms with van der Waals surface area (Å²) in [6, 6.07) is 1.83. The highest BCUT2D eigenvalue weighted by molar-refractivity contribution is 5.84. The second kappa shape index (κ2) is 5.19. The Hall–Kier alpha value is -2.38. The molecule has 1 aromatic carbocycles. The molecule has 0 aromatic heterocycles. The van der Waals surface area contributed by atoms with E-state index in [1.807, 2.05) is 0 Å². The average molecular weight is 298 g/mol. The largest absolute Gasteiger partial charge is 0.494 e.